The first kappa shape index (κ1) is 17.7. The van der Waals surface area contributed by atoms with Crippen molar-refractivity contribution in [1.29, 1.82) is 0 Å². The predicted molar refractivity (Wildman–Crippen MR) is 102 cm³/mol. The van der Waals surface area contributed by atoms with Crippen LogP contribution in [-0.4, -0.2) is 26.2 Å². The molecule has 1 heterocycles. The lowest BCUT2D eigenvalue weighted by Gasteiger charge is -2.07. The van der Waals surface area contributed by atoms with Gasteiger partial charge in [0.1, 0.15) is 0 Å². The second-order valence-corrected chi connectivity index (χ2v) is 7.39. The maximum absolute atomic E-state index is 12.5. The van der Waals surface area contributed by atoms with Crippen molar-refractivity contribution in [1.82, 2.24) is 15.2 Å². The molecule has 0 spiro atoms. The monoisotopic (exact) mass is 371 g/mol. The SMILES string of the molecule is CCc1ccc(-c2nc(S[C@H](C)C(=O)c3ccc(Cl)cc3)n[nH]2)cc1. The normalized spacial score (nSPS) is 12.1. The molecule has 0 bridgehead atoms. The zero-order chi connectivity index (χ0) is 17.8. The fourth-order valence-corrected chi connectivity index (χ4v) is 3.31. The number of aromatic amines is 1. The Morgan fingerprint density at radius 3 is 2.48 bits per heavy atom. The molecule has 128 valence electrons. The summed E-state index contributed by atoms with van der Waals surface area (Å²) < 4.78 is 0. The van der Waals surface area contributed by atoms with Gasteiger partial charge in [0.25, 0.3) is 0 Å². The molecule has 4 nitrogen and oxygen atoms in total. The molecule has 0 aliphatic carbocycles. The van der Waals surface area contributed by atoms with Crippen LogP contribution in [0.4, 0.5) is 0 Å². The summed E-state index contributed by atoms with van der Waals surface area (Å²) in [7, 11) is 0. The Morgan fingerprint density at radius 2 is 1.84 bits per heavy atom. The van der Waals surface area contributed by atoms with Crippen molar-refractivity contribution in [2.24, 2.45) is 0 Å². The van der Waals surface area contributed by atoms with E-state index in [4.69, 9.17) is 11.6 Å². The number of nitrogens with zero attached hydrogens (tertiary/aromatic N) is 2. The Morgan fingerprint density at radius 1 is 1.16 bits per heavy atom. The van der Waals surface area contributed by atoms with Crippen LogP contribution in [0.25, 0.3) is 11.4 Å². The van der Waals surface area contributed by atoms with Crippen LogP contribution in [0.15, 0.2) is 53.7 Å². The number of halogens is 1. The summed E-state index contributed by atoms with van der Waals surface area (Å²) in [6.45, 7) is 3.98. The smallest absolute Gasteiger partial charge is 0.209 e. The van der Waals surface area contributed by atoms with Gasteiger partial charge in [0.15, 0.2) is 11.6 Å². The number of ketones is 1. The lowest BCUT2D eigenvalue weighted by molar-refractivity contribution is 0.0994. The number of carbonyl (C=O) groups excluding carboxylic acids is 1. The number of rotatable bonds is 6. The van der Waals surface area contributed by atoms with Gasteiger partial charge in [0.2, 0.25) is 5.16 Å². The van der Waals surface area contributed by atoms with Gasteiger partial charge >= 0.3 is 0 Å². The van der Waals surface area contributed by atoms with Crippen molar-refractivity contribution >= 4 is 29.1 Å². The number of carbonyl (C=O) groups is 1. The molecule has 6 heteroatoms. The van der Waals surface area contributed by atoms with E-state index < -0.39 is 0 Å². The van der Waals surface area contributed by atoms with Crippen molar-refractivity contribution in [3.63, 3.8) is 0 Å². The second-order valence-electron chi connectivity index (χ2n) is 5.65. The zero-order valence-corrected chi connectivity index (χ0v) is 15.6. The van der Waals surface area contributed by atoms with Crippen molar-refractivity contribution in [3.05, 3.63) is 64.7 Å². The predicted octanol–water partition coefficient (Wildman–Crippen LogP) is 5.05. The molecule has 2 aromatic carbocycles. The van der Waals surface area contributed by atoms with E-state index in [-0.39, 0.29) is 11.0 Å². The molecule has 0 fully saturated rings. The quantitative estimate of drug-likeness (QED) is 0.486. The molecule has 3 rings (SSSR count). The van der Waals surface area contributed by atoms with Crippen molar-refractivity contribution < 1.29 is 4.79 Å². The van der Waals surface area contributed by atoms with Crippen LogP contribution in [0.3, 0.4) is 0 Å². The molecule has 1 atom stereocenters. The number of aromatic nitrogens is 3. The summed E-state index contributed by atoms with van der Waals surface area (Å²) in [5.74, 6) is 0.733. The van der Waals surface area contributed by atoms with Crippen LogP contribution in [0.2, 0.25) is 5.02 Å². The average molecular weight is 372 g/mol. The summed E-state index contributed by atoms with van der Waals surface area (Å²) in [4.78, 5) is 17.0. The molecular formula is C19H18ClN3OS. The first-order valence-corrected chi connectivity index (χ1v) is 9.30. The van der Waals surface area contributed by atoms with Gasteiger partial charge in [-0.25, -0.2) is 4.98 Å². The number of aryl methyl sites for hydroxylation is 1. The molecule has 1 N–H and O–H groups in total. The number of hydrogen-bond acceptors (Lipinski definition) is 4. The third kappa shape index (κ3) is 4.30. The Kier molecular flexibility index (Phi) is 5.56. The van der Waals surface area contributed by atoms with Gasteiger partial charge in [0.05, 0.1) is 5.25 Å². The van der Waals surface area contributed by atoms with E-state index >= 15 is 0 Å². The number of hydrogen-bond donors (Lipinski definition) is 1. The minimum absolute atomic E-state index is 0.0281. The summed E-state index contributed by atoms with van der Waals surface area (Å²) in [6, 6.07) is 15.1. The van der Waals surface area contributed by atoms with Gasteiger partial charge in [0, 0.05) is 16.1 Å². The van der Waals surface area contributed by atoms with E-state index in [0.29, 0.717) is 21.6 Å². The van der Waals surface area contributed by atoms with Gasteiger partial charge in [-0.05, 0) is 43.2 Å². The molecule has 1 aromatic heterocycles. The highest BCUT2D eigenvalue weighted by atomic mass is 35.5. The molecule has 25 heavy (non-hydrogen) atoms. The standard InChI is InChI=1S/C19H18ClN3OS/c1-3-13-4-6-15(7-5-13)18-21-19(23-22-18)25-12(2)17(24)14-8-10-16(20)11-9-14/h4-12H,3H2,1-2H3,(H,21,22,23)/t12-/m1/s1. The van der Waals surface area contributed by atoms with Crippen molar-refractivity contribution in [2.45, 2.75) is 30.7 Å². The number of thioether (sulfide) groups is 1. The molecule has 0 unspecified atom stereocenters. The van der Waals surface area contributed by atoms with E-state index in [9.17, 15) is 4.79 Å². The Hall–Kier alpha value is -2.11. The van der Waals surface area contributed by atoms with Crippen LogP contribution >= 0.6 is 23.4 Å². The highest BCUT2D eigenvalue weighted by Gasteiger charge is 2.19. The molecule has 0 radical (unpaired) electrons. The van der Waals surface area contributed by atoms with Crippen LogP contribution in [0, 0.1) is 0 Å². The largest absolute Gasteiger partial charge is 0.293 e. The lowest BCUT2D eigenvalue weighted by Crippen LogP contribution is -2.13. The van der Waals surface area contributed by atoms with E-state index in [1.165, 1.54) is 17.3 Å². The summed E-state index contributed by atoms with van der Waals surface area (Å²) in [5.41, 5.74) is 2.89. The van der Waals surface area contributed by atoms with E-state index in [0.717, 1.165) is 12.0 Å². The summed E-state index contributed by atoms with van der Waals surface area (Å²) in [6.07, 6.45) is 1.00. The third-order valence-electron chi connectivity index (χ3n) is 3.88. The van der Waals surface area contributed by atoms with E-state index in [1.54, 1.807) is 24.3 Å². The lowest BCUT2D eigenvalue weighted by atomic mass is 10.1. The average Bonchev–Trinajstić information content (AvgIpc) is 3.10. The van der Waals surface area contributed by atoms with Gasteiger partial charge in [-0.3, -0.25) is 9.89 Å². The Bertz CT molecular complexity index is 859. The minimum Gasteiger partial charge on any atom is -0.293 e. The van der Waals surface area contributed by atoms with E-state index in [1.807, 2.05) is 19.1 Å². The van der Waals surface area contributed by atoms with Gasteiger partial charge < -0.3 is 0 Å². The zero-order valence-electron chi connectivity index (χ0n) is 14.0. The molecule has 0 aliphatic heterocycles. The van der Waals surface area contributed by atoms with Gasteiger partial charge in [-0.1, -0.05) is 54.6 Å². The van der Waals surface area contributed by atoms with E-state index in [2.05, 4.69) is 34.2 Å². The molecular weight excluding hydrogens is 354 g/mol. The first-order chi connectivity index (χ1) is 12.1. The van der Waals surface area contributed by atoms with Gasteiger partial charge in [-0.2, -0.15) is 0 Å². The van der Waals surface area contributed by atoms with Crippen LogP contribution in [0.5, 0.6) is 0 Å². The van der Waals surface area contributed by atoms with Gasteiger partial charge in [-0.15, -0.1) is 5.10 Å². The molecule has 0 saturated carbocycles. The Balaban J connectivity index is 1.69. The van der Waals surface area contributed by atoms with Crippen LogP contribution < -0.4 is 0 Å². The highest BCUT2D eigenvalue weighted by molar-refractivity contribution is 8.00. The van der Waals surface area contributed by atoms with Crippen molar-refractivity contribution in [3.8, 4) is 11.4 Å². The fourth-order valence-electron chi connectivity index (χ4n) is 2.39. The third-order valence-corrected chi connectivity index (χ3v) is 5.09. The van der Waals surface area contributed by atoms with Crippen molar-refractivity contribution in [2.75, 3.05) is 0 Å². The van der Waals surface area contributed by atoms with Crippen LogP contribution in [0.1, 0.15) is 29.8 Å². The minimum atomic E-state index is -0.285. The molecule has 0 saturated heterocycles. The molecule has 0 amide bonds. The maximum atomic E-state index is 12.5. The Labute approximate surface area is 156 Å². The second kappa shape index (κ2) is 7.85. The number of benzene rings is 2. The summed E-state index contributed by atoms with van der Waals surface area (Å²) in [5, 5.41) is 8.05. The number of Topliss-reactive ketones (excluding diaryl/α,β-unsaturated/α-hetero) is 1. The first-order valence-electron chi connectivity index (χ1n) is 8.05. The fraction of sp³-hybridized carbons (Fsp3) is 0.211. The summed E-state index contributed by atoms with van der Waals surface area (Å²) >= 11 is 7.20. The molecule has 0 aliphatic rings. The van der Waals surface area contributed by atoms with Crippen LogP contribution in [-0.2, 0) is 6.42 Å². The molecule has 3 aromatic rings. The number of nitrogens with one attached hydrogen (secondary N) is 1. The topological polar surface area (TPSA) is 58.6 Å². The highest BCUT2D eigenvalue weighted by Crippen LogP contribution is 2.25. The number of H-pyrrole nitrogens is 1. The maximum Gasteiger partial charge on any atom is 0.209 e.